The van der Waals surface area contributed by atoms with E-state index in [1.807, 2.05) is 24.3 Å². The fourth-order valence-corrected chi connectivity index (χ4v) is 2.65. The second-order valence-electron chi connectivity index (χ2n) is 6.02. The average Bonchev–Trinajstić information content (AvgIpc) is 2.34. The summed E-state index contributed by atoms with van der Waals surface area (Å²) >= 11 is 6.37. The molecule has 3 nitrogen and oxygen atoms in total. The van der Waals surface area contributed by atoms with E-state index in [9.17, 15) is 0 Å². The quantitative estimate of drug-likeness (QED) is 0.856. The lowest BCUT2D eigenvalue weighted by molar-refractivity contribution is 0.373. The van der Waals surface area contributed by atoms with Crippen LogP contribution in [0.2, 0.25) is 0 Å². The largest absolute Gasteiger partial charge is 0.382 e. The second-order valence-corrected chi connectivity index (χ2v) is 6.64. The number of halogens is 1. The molecule has 19 heavy (non-hydrogen) atoms. The summed E-state index contributed by atoms with van der Waals surface area (Å²) in [7, 11) is 0. The Morgan fingerprint density at radius 3 is 2.74 bits per heavy atom. The first kappa shape index (κ1) is 14.1. The van der Waals surface area contributed by atoms with Crippen molar-refractivity contribution in [2.45, 2.75) is 32.6 Å². The number of nitrogens with one attached hydrogen (secondary N) is 1. The topological polar surface area (TPSA) is 37.8 Å². The lowest BCUT2D eigenvalue weighted by atomic mass is 9.90. The Labute approximate surface area is 119 Å². The maximum absolute atomic E-state index is 6.37. The highest BCUT2D eigenvalue weighted by Gasteiger charge is 2.16. The minimum Gasteiger partial charge on any atom is -0.382 e. The molecule has 0 aliphatic carbocycles. The predicted octanol–water partition coefficient (Wildman–Crippen LogP) is 4.09. The van der Waals surface area contributed by atoms with E-state index in [0.29, 0.717) is 0 Å². The van der Waals surface area contributed by atoms with Crippen LogP contribution in [0.5, 0.6) is 0 Å². The van der Waals surface area contributed by atoms with Gasteiger partial charge in [0.15, 0.2) is 0 Å². The zero-order valence-electron chi connectivity index (χ0n) is 11.7. The highest BCUT2D eigenvalue weighted by molar-refractivity contribution is 6.21. The van der Waals surface area contributed by atoms with E-state index in [4.69, 9.17) is 11.6 Å². The maximum Gasteiger partial charge on any atom is 0.0950 e. The Bertz CT molecular complexity index is 543. The molecule has 0 fully saturated rings. The van der Waals surface area contributed by atoms with Crippen molar-refractivity contribution in [3.8, 4) is 0 Å². The predicted molar refractivity (Wildman–Crippen MR) is 81.7 cm³/mol. The smallest absolute Gasteiger partial charge is 0.0950 e. The normalized spacial score (nSPS) is 13.5. The molecule has 0 bridgehead atoms. The van der Waals surface area contributed by atoms with Crippen molar-refractivity contribution < 1.29 is 0 Å². The van der Waals surface area contributed by atoms with Gasteiger partial charge in [-0.1, -0.05) is 39.0 Å². The third-order valence-electron chi connectivity index (χ3n) is 2.89. The molecule has 0 amide bonds. The van der Waals surface area contributed by atoms with Crippen molar-refractivity contribution in [2.75, 3.05) is 11.9 Å². The highest BCUT2D eigenvalue weighted by Crippen LogP contribution is 2.25. The van der Waals surface area contributed by atoms with Gasteiger partial charge < -0.3 is 5.32 Å². The second kappa shape index (κ2) is 5.74. The molecule has 0 aliphatic rings. The molecule has 0 radical (unpaired) electrons. The standard InChI is InChI=1S/C15H20ClN3/c1-15(2,3)8-11(16)9-17-14-10-18-19-13-7-5-4-6-12(13)14/h4-7,10-11H,8-9H2,1-3H3,(H,17,19). The van der Waals surface area contributed by atoms with Crippen LogP contribution in [-0.2, 0) is 0 Å². The number of fused-ring (bicyclic) bond motifs is 1. The van der Waals surface area contributed by atoms with Gasteiger partial charge in [0.1, 0.15) is 0 Å². The Kier molecular flexibility index (Phi) is 4.25. The molecule has 1 N–H and O–H groups in total. The molecule has 102 valence electrons. The van der Waals surface area contributed by atoms with Crippen LogP contribution in [-0.4, -0.2) is 22.1 Å². The van der Waals surface area contributed by atoms with Crippen LogP contribution in [0.15, 0.2) is 30.5 Å². The van der Waals surface area contributed by atoms with Gasteiger partial charge in [0.25, 0.3) is 0 Å². The molecule has 1 atom stereocenters. The summed E-state index contributed by atoms with van der Waals surface area (Å²) in [5, 5.41) is 12.7. The third kappa shape index (κ3) is 4.06. The number of rotatable bonds is 4. The van der Waals surface area contributed by atoms with Crippen molar-refractivity contribution in [3.05, 3.63) is 30.5 Å². The van der Waals surface area contributed by atoms with Crippen LogP contribution in [0, 0.1) is 5.41 Å². The molecule has 2 aromatic rings. The van der Waals surface area contributed by atoms with Crippen molar-refractivity contribution in [2.24, 2.45) is 5.41 Å². The first-order chi connectivity index (χ1) is 8.96. The van der Waals surface area contributed by atoms with Gasteiger partial charge in [-0.05, 0) is 17.9 Å². The minimum absolute atomic E-state index is 0.104. The SMILES string of the molecule is CC(C)(C)CC(Cl)CNc1cnnc2ccccc12. The monoisotopic (exact) mass is 277 g/mol. The Hall–Kier alpha value is -1.35. The summed E-state index contributed by atoms with van der Waals surface area (Å²) in [6, 6.07) is 7.97. The van der Waals surface area contributed by atoms with E-state index in [1.54, 1.807) is 6.20 Å². The first-order valence-electron chi connectivity index (χ1n) is 6.54. The van der Waals surface area contributed by atoms with Gasteiger partial charge in [0.05, 0.1) is 22.8 Å². The molecule has 0 saturated carbocycles. The van der Waals surface area contributed by atoms with E-state index >= 15 is 0 Å². The van der Waals surface area contributed by atoms with Crippen LogP contribution in [0.1, 0.15) is 27.2 Å². The summed E-state index contributed by atoms with van der Waals surface area (Å²) in [5.74, 6) is 0. The van der Waals surface area contributed by atoms with Crippen LogP contribution < -0.4 is 5.32 Å². The Balaban J connectivity index is 2.06. The zero-order valence-corrected chi connectivity index (χ0v) is 12.4. The number of anilines is 1. The number of aromatic nitrogens is 2. The van der Waals surface area contributed by atoms with E-state index in [-0.39, 0.29) is 10.8 Å². The molecule has 0 aliphatic heterocycles. The minimum atomic E-state index is 0.104. The number of benzene rings is 1. The van der Waals surface area contributed by atoms with Crippen molar-refractivity contribution >= 4 is 28.2 Å². The highest BCUT2D eigenvalue weighted by atomic mass is 35.5. The van der Waals surface area contributed by atoms with Crippen LogP contribution >= 0.6 is 11.6 Å². The van der Waals surface area contributed by atoms with Crippen LogP contribution in [0.25, 0.3) is 10.9 Å². The van der Waals surface area contributed by atoms with Crippen LogP contribution in [0.3, 0.4) is 0 Å². The van der Waals surface area contributed by atoms with Gasteiger partial charge in [-0.15, -0.1) is 11.6 Å². The number of hydrogen-bond acceptors (Lipinski definition) is 3. The summed E-state index contributed by atoms with van der Waals surface area (Å²) in [4.78, 5) is 0. The number of alkyl halides is 1. The Morgan fingerprint density at radius 1 is 1.26 bits per heavy atom. The van der Waals surface area contributed by atoms with Crippen molar-refractivity contribution in [1.82, 2.24) is 10.2 Å². The summed E-state index contributed by atoms with van der Waals surface area (Å²) in [6.45, 7) is 7.33. The molecule has 1 unspecified atom stereocenters. The molecular weight excluding hydrogens is 258 g/mol. The number of nitrogens with zero attached hydrogens (tertiary/aromatic N) is 2. The molecule has 0 spiro atoms. The van der Waals surface area contributed by atoms with E-state index in [2.05, 4.69) is 36.3 Å². The molecule has 2 rings (SSSR count). The summed E-state index contributed by atoms with van der Waals surface area (Å²) in [5.41, 5.74) is 2.13. The van der Waals surface area contributed by atoms with Crippen LogP contribution in [0.4, 0.5) is 5.69 Å². The molecule has 0 saturated heterocycles. The lowest BCUT2D eigenvalue weighted by Gasteiger charge is -2.22. The molecular formula is C15H20ClN3. The fourth-order valence-electron chi connectivity index (χ4n) is 2.11. The number of hydrogen-bond donors (Lipinski definition) is 1. The fraction of sp³-hybridized carbons (Fsp3) is 0.467. The van der Waals surface area contributed by atoms with Gasteiger partial charge in [-0.2, -0.15) is 10.2 Å². The summed E-state index contributed by atoms with van der Waals surface area (Å²) < 4.78 is 0. The Morgan fingerprint density at radius 2 is 2.00 bits per heavy atom. The first-order valence-corrected chi connectivity index (χ1v) is 6.98. The van der Waals surface area contributed by atoms with Gasteiger partial charge >= 0.3 is 0 Å². The third-order valence-corrected chi connectivity index (χ3v) is 3.20. The molecule has 1 aromatic carbocycles. The molecule has 1 heterocycles. The zero-order chi connectivity index (χ0) is 13.9. The molecule has 1 aromatic heterocycles. The van der Waals surface area contributed by atoms with E-state index in [1.165, 1.54) is 0 Å². The van der Waals surface area contributed by atoms with Gasteiger partial charge in [0.2, 0.25) is 0 Å². The van der Waals surface area contributed by atoms with Crippen molar-refractivity contribution in [1.29, 1.82) is 0 Å². The van der Waals surface area contributed by atoms with E-state index in [0.717, 1.165) is 29.6 Å². The molecule has 4 heteroatoms. The van der Waals surface area contributed by atoms with Crippen molar-refractivity contribution in [3.63, 3.8) is 0 Å². The average molecular weight is 278 g/mol. The van der Waals surface area contributed by atoms with E-state index < -0.39 is 0 Å². The van der Waals surface area contributed by atoms with Gasteiger partial charge in [-0.3, -0.25) is 0 Å². The van der Waals surface area contributed by atoms with Gasteiger partial charge in [-0.25, -0.2) is 0 Å². The maximum atomic E-state index is 6.37. The lowest BCUT2D eigenvalue weighted by Crippen LogP contribution is -2.21. The van der Waals surface area contributed by atoms with Gasteiger partial charge in [0, 0.05) is 11.9 Å². The summed E-state index contributed by atoms with van der Waals surface area (Å²) in [6.07, 6.45) is 2.72.